The molecule has 8 heteroatoms. The molecule has 0 spiro atoms. The number of methoxy groups -OCH3 is 1. The smallest absolute Gasteiger partial charge is 0.247 e. The molecule has 1 aliphatic heterocycles. The Hall–Kier alpha value is -3.26. The summed E-state index contributed by atoms with van der Waals surface area (Å²) in [7, 11) is 1.62. The first-order valence-electron chi connectivity index (χ1n) is 9.55. The summed E-state index contributed by atoms with van der Waals surface area (Å²) < 4.78 is 17.4. The first kappa shape index (κ1) is 20.0. The lowest BCUT2D eigenvalue weighted by Crippen LogP contribution is -2.17. The van der Waals surface area contributed by atoms with Gasteiger partial charge in [0.15, 0.2) is 23.4 Å². The maximum absolute atomic E-state index is 6.29. The number of anilines is 1. The Kier molecular flexibility index (Phi) is 6.04. The van der Waals surface area contributed by atoms with Crippen molar-refractivity contribution in [3.05, 3.63) is 60.7 Å². The van der Waals surface area contributed by atoms with Gasteiger partial charge in [0.1, 0.15) is 0 Å². The minimum atomic E-state index is -0.495. The van der Waals surface area contributed by atoms with Crippen LogP contribution in [0.5, 0.6) is 17.4 Å². The van der Waals surface area contributed by atoms with Crippen LogP contribution in [0.2, 0.25) is 0 Å². The number of ether oxygens (including phenoxy) is 3. The average molecular weight is 423 g/mol. The summed E-state index contributed by atoms with van der Waals surface area (Å²) in [5, 5.41) is 12.6. The third-order valence-electron chi connectivity index (χ3n) is 4.45. The van der Waals surface area contributed by atoms with E-state index in [0.29, 0.717) is 40.6 Å². The maximum Gasteiger partial charge on any atom is 0.247 e. The summed E-state index contributed by atoms with van der Waals surface area (Å²) in [5.41, 5.74) is 3.24. The largest absolute Gasteiger partial charge is 0.493 e. The second-order valence-electron chi connectivity index (χ2n) is 6.38. The number of thioether (sulfide) groups is 1. The number of fused-ring (bicyclic) bond motifs is 3. The van der Waals surface area contributed by atoms with E-state index in [0.717, 1.165) is 16.8 Å². The Morgan fingerprint density at radius 3 is 2.87 bits per heavy atom. The number of para-hydroxylation sites is 1. The zero-order chi connectivity index (χ0) is 20.9. The van der Waals surface area contributed by atoms with Gasteiger partial charge in [0.05, 0.1) is 13.7 Å². The molecular formula is C22H22N4O3S. The van der Waals surface area contributed by atoms with Crippen molar-refractivity contribution >= 4 is 17.4 Å². The van der Waals surface area contributed by atoms with Gasteiger partial charge < -0.3 is 19.5 Å². The monoisotopic (exact) mass is 422 g/mol. The van der Waals surface area contributed by atoms with Crippen molar-refractivity contribution in [3.8, 4) is 28.6 Å². The number of aromatic nitrogens is 3. The predicted octanol–water partition coefficient (Wildman–Crippen LogP) is 4.73. The van der Waals surface area contributed by atoms with Gasteiger partial charge in [-0.05, 0) is 31.2 Å². The molecule has 4 rings (SSSR count). The van der Waals surface area contributed by atoms with Crippen LogP contribution in [-0.2, 0) is 0 Å². The Labute approximate surface area is 179 Å². The van der Waals surface area contributed by atoms with Crippen LogP contribution < -0.4 is 19.5 Å². The molecule has 1 aliphatic rings. The molecule has 0 amide bonds. The summed E-state index contributed by atoms with van der Waals surface area (Å²) >= 11 is 1.45. The highest BCUT2D eigenvalue weighted by Gasteiger charge is 2.26. The summed E-state index contributed by atoms with van der Waals surface area (Å²) in [6.45, 7) is 6.23. The second kappa shape index (κ2) is 9.04. The predicted molar refractivity (Wildman–Crippen MR) is 117 cm³/mol. The molecule has 0 saturated carbocycles. The Balaban J connectivity index is 1.76. The summed E-state index contributed by atoms with van der Waals surface area (Å²) in [6, 6.07) is 13.6. The molecule has 0 aliphatic carbocycles. The third kappa shape index (κ3) is 4.04. The number of hydrogen-bond acceptors (Lipinski definition) is 8. The van der Waals surface area contributed by atoms with Crippen molar-refractivity contribution in [2.24, 2.45) is 0 Å². The highest BCUT2D eigenvalue weighted by Crippen LogP contribution is 2.40. The molecular weight excluding hydrogens is 400 g/mol. The summed E-state index contributed by atoms with van der Waals surface area (Å²) in [4.78, 5) is 4.60. The zero-order valence-corrected chi connectivity index (χ0v) is 17.6. The van der Waals surface area contributed by atoms with E-state index in [1.54, 1.807) is 13.2 Å². The molecule has 0 bridgehead atoms. The molecule has 0 radical (unpaired) electrons. The first-order valence-corrected chi connectivity index (χ1v) is 10.5. The van der Waals surface area contributed by atoms with E-state index in [4.69, 9.17) is 14.2 Å². The molecule has 0 fully saturated rings. The minimum Gasteiger partial charge on any atom is -0.493 e. The number of nitrogens with zero attached hydrogens (tertiary/aromatic N) is 3. The third-order valence-corrected chi connectivity index (χ3v) is 5.29. The van der Waals surface area contributed by atoms with E-state index in [1.807, 2.05) is 49.4 Å². The van der Waals surface area contributed by atoms with Gasteiger partial charge in [-0.3, -0.25) is 0 Å². The Morgan fingerprint density at radius 2 is 2.07 bits per heavy atom. The van der Waals surface area contributed by atoms with Crippen LogP contribution in [0.3, 0.4) is 0 Å². The van der Waals surface area contributed by atoms with Gasteiger partial charge in [-0.2, -0.15) is 4.98 Å². The van der Waals surface area contributed by atoms with Crippen LogP contribution in [-0.4, -0.2) is 34.7 Å². The van der Waals surface area contributed by atoms with Gasteiger partial charge in [0.25, 0.3) is 0 Å². The number of nitrogens with one attached hydrogen (secondary N) is 1. The second-order valence-corrected chi connectivity index (χ2v) is 7.37. The molecule has 1 aromatic heterocycles. The van der Waals surface area contributed by atoms with E-state index >= 15 is 0 Å². The van der Waals surface area contributed by atoms with Crippen LogP contribution in [0.15, 0.2) is 60.3 Å². The summed E-state index contributed by atoms with van der Waals surface area (Å²) in [6.07, 6.45) is 1.30. The number of hydrogen-bond donors (Lipinski definition) is 1. The molecule has 2 aromatic carbocycles. The molecule has 0 unspecified atom stereocenters. The standard InChI is InChI=1S/C22H22N4O3S/c1-4-12-30-22-24-21-19(25-26-22)15-8-6-7-9-16(15)23-20(29-21)14-10-11-17(28-5-2)18(13-14)27-3/h4,6-11,13,20,23H,1,5,12H2,2-3H3/t20-/m1/s1. The molecule has 3 aromatic rings. The number of rotatable bonds is 7. The minimum absolute atomic E-state index is 0.423. The number of benzene rings is 2. The van der Waals surface area contributed by atoms with E-state index < -0.39 is 6.23 Å². The zero-order valence-electron chi connectivity index (χ0n) is 16.8. The van der Waals surface area contributed by atoms with E-state index in [-0.39, 0.29) is 0 Å². The van der Waals surface area contributed by atoms with Crippen LogP contribution in [0, 0.1) is 0 Å². The van der Waals surface area contributed by atoms with E-state index in [9.17, 15) is 0 Å². The van der Waals surface area contributed by atoms with Gasteiger partial charge in [-0.15, -0.1) is 16.8 Å². The van der Waals surface area contributed by atoms with Crippen molar-refractivity contribution in [1.29, 1.82) is 0 Å². The van der Waals surface area contributed by atoms with Crippen LogP contribution in [0.1, 0.15) is 18.7 Å². The lowest BCUT2D eigenvalue weighted by Gasteiger charge is -2.20. The van der Waals surface area contributed by atoms with Gasteiger partial charge in [-0.1, -0.05) is 36.0 Å². The summed E-state index contributed by atoms with van der Waals surface area (Å²) in [5.74, 6) is 2.44. The van der Waals surface area contributed by atoms with Gasteiger partial charge in [0, 0.05) is 22.6 Å². The highest BCUT2D eigenvalue weighted by molar-refractivity contribution is 7.99. The quantitative estimate of drug-likeness (QED) is 0.433. The van der Waals surface area contributed by atoms with Crippen LogP contribution >= 0.6 is 11.8 Å². The molecule has 1 atom stereocenters. The fourth-order valence-corrected chi connectivity index (χ4v) is 3.63. The Bertz CT molecular complexity index is 1060. The molecule has 2 heterocycles. The van der Waals surface area contributed by atoms with Crippen molar-refractivity contribution in [2.75, 3.05) is 24.8 Å². The lowest BCUT2D eigenvalue weighted by atomic mass is 10.1. The fourth-order valence-electron chi connectivity index (χ4n) is 3.11. The molecule has 1 N–H and O–H groups in total. The topological polar surface area (TPSA) is 78.4 Å². The van der Waals surface area contributed by atoms with Crippen molar-refractivity contribution < 1.29 is 14.2 Å². The normalized spacial score (nSPS) is 14.4. The first-order chi connectivity index (χ1) is 14.7. The maximum atomic E-state index is 6.29. The van der Waals surface area contributed by atoms with E-state index in [2.05, 4.69) is 27.1 Å². The molecule has 0 saturated heterocycles. The molecule has 7 nitrogen and oxygen atoms in total. The SMILES string of the molecule is C=CCSc1nnc2c(n1)O[C@H](c1ccc(OCC)c(OC)c1)Nc1ccccc1-2. The van der Waals surface area contributed by atoms with Crippen LogP contribution in [0.4, 0.5) is 5.69 Å². The lowest BCUT2D eigenvalue weighted by molar-refractivity contribution is 0.224. The van der Waals surface area contributed by atoms with Crippen molar-refractivity contribution in [2.45, 2.75) is 18.3 Å². The van der Waals surface area contributed by atoms with Gasteiger partial charge in [-0.25, -0.2) is 0 Å². The average Bonchev–Trinajstić information content (AvgIpc) is 2.94. The molecule has 30 heavy (non-hydrogen) atoms. The molecule has 154 valence electrons. The van der Waals surface area contributed by atoms with Crippen LogP contribution in [0.25, 0.3) is 11.3 Å². The van der Waals surface area contributed by atoms with Crippen molar-refractivity contribution in [3.63, 3.8) is 0 Å². The fraction of sp³-hybridized carbons (Fsp3) is 0.227. The van der Waals surface area contributed by atoms with E-state index in [1.165, 1.54) is 11.8 Å². The van der Waals surface area contributed by atoms with Crippen molar-refractivity contribution in [1.82, 2.24) is 15.2 Å². The highest BCUT2D eigenvalue weighted by atomic mass is 32.2. The Morgan fingerprint density at radius 1 is 1.20 bits per heavy atom. The van der Waals surface area contributed by atoms with Gasteiger partial charge in [0.2, 0.25) is 11.0 Å². The van der Waals surface area contributed by atoms with Gasteiger partial charge >= 0.3 is 0 Å².